The zero-order valence-corrected chi connectivity index (χ0v) is 12.3. The summed E-state index contributed by atoms with van der Waals surface area (Å²) >= 11 is 3.38. The normalized spacial score (nSPS) is 16.8. The van der Waals surface area contributed by atoms with Gasteiger partial charge in [-0.2, -0.15) is 0 Å². The van der Waals surface area contributed by atoms with Crippen molar-refractivity contribution in [2.45, 2.75) is 36.5 Å². The zero-order valence-electron chi connectivity index (χ0n) is 9.87. The SMILES string of the molecule is CCC(NC)C(C)S(=O)c1ccc(Br)cc1. The smallest absolute Gasteiger partial charge is 0.0573 e. The molecule has 0 saturated carbocycles. The fourth-order valence-corrected chi connectivity index (χ4v) is 3.43. The van der Waals surface area contributed by atoms with Gasteiger partial charge in [-0.25, -0.2) is 0 Å². The second kappa shape index (κ2) is 6.52. The third-order valence-corrected chi connectivity index (χ3v) is 5.03. The van der Waals surface area contributed by atoms with Gasteiger partial charge >= 0.3 is 0 Å². The molecular formula is C12H18BrNOS. The molecule has 0 heterocycles. The van der Waals surface area contributed by atoms with Crippen LogP contribution in [0, 0.1) is 0 Å². The van der Waals surface area contributed by atoms with E-state index >= 15 is 0 Å². The van der Waals surface area contributed by atoms with Crippen LogP contribution >= 0.6 is 15.9 Å². The number of nitrogens with one attached hydrogen (secondary N) is 1. The molecule has 3 unspecified atom stereocenters. The van der Waals surface area contributed by atoms with E-state index in [2.05, 4.69) is 28.2 Å². The van der Waals surface area contributed by atoms with Crippen LogP contribution in [-0.4, -0.2) is 22.5 Å². The Hall–Kier alpha value is -0.190. The summed E-state index contributed by atoms with van der Waals surface area (Å²) in [7, 11) is 0.970. The molecule has 0 aromatic heterocycles. The number of benzene rings is 1. The molecule has 0 aliphatic heterocycles. The average Bonchev–Trinajstić information content (AvgIpc) is 2.30. The molecular weight excluding hydrogens is 286 g/mol. The Kier molecular flexibility index (Phi) is 5.66. The van der Waals surface area contributed by atoms with Gasteiger partial charge in [0, 0.05) is 15.4 Å². The Balaban J connectivity index is 2.81. The highest BCUT2D eigenvalue weighted by molar-refractivity contribution is 9.10. The standard InChI is InChI=1S/C12H18BrNOS/c1-4-12(14-3)9(2)16(15)11-7-5-10(13)6-8-11/h5-9,12,14H,4H2,1-3H3. The summed E-state index contributed by atoms with van der Waals surface area (Å²) in [4.78, 5) is 0.893. The largest absolute Gasteiger partial charge is 0.316 e. The first kappa shape index (κ1) is 13.9. The minimum absolute atomic E-state index is 0.121. The molecule has 90 valence electrons. The summed E-state index contributed by atoms with van der Waals surface area (Å²) in [6, 6.07) is 7.99. The van der Waals surface area contributed by atoms with Gasteiger partial charge in [0.1, 0.15) is 0 Å². The van der Waals surface area contributed by atoms with Crippen molar-refractivity contribution < 1.29 is 4.21 Å². The summed E-state index contributed by atoms with van der Waals surface area (Å²) < 4.78 is 13.3. The lowest BCUT2D eigenvalue weighted by Gasteiger charge is -2.21. The Labute approximate surface area is 108 Å². The highest BCUT2D eigenvalue weighted by Gasteiger charge is 2.20. The second-order valence-corrected chi connectivity index (χ2v) is 6.49. The molecule has 1 aromatic carbocycles. The van der Waals surface area contributed by atoms with E-state index in [9.17, 15) is 4.21 Å². The Morgan fingerprint density at radius 3 is 2.38 bits per heavy atom. The molecule has 3 atom stereocenters. The Bertz CT molecular complexity index is 349. The lowest BCUT2D eigenvalue weighted by Crippen LogP contribution is -2.37. The molecule has 0 aliphatic carbocycles. The van der Waals surface area contributed by atoms with E-state index in [1.807, 2.05) is 38.2 Å². The van der Waals surface area contributed by atoms with Gasteiger partial charge in [0.2, 0.25) is 0 Å². The van der Waals surface area contributed by atoms with E-state index in [-0.39, 0.29) is 5.25 Å². The third kappa shape index (κ3) is 3.40. The maximum Gasteiger partial charge on any atom is 0.0573 e. The number of rotatable bonds is 5. The van der Waals surface area contributed by atoms with Crippen LogP contribution in [0.1, 0.15) is 20.3 Å². The zero-order chi connectivity index (χ0) is 12.1. The van der Waals surface area contributed by atoms with Gasteiger partial charge in [-0.1, -0.05) is 22.9 Å². The molecule has 4 heteroatoms. The van der Waals surface area contributed by atoms with Crippen LogP contribution in [-0.2, 0) is 10.8 Å². The number of halogens is 1. The molecule has 0 fully saturated rings. The second-order valence-electron chi connectivity index (χ2n) is 3.76. The minimum atomic E-state index is -0.950. The Morgan fingerprint density at radius 2 is 1.94 bits per heavy atom. The summed E-state index contributed by atoms with van der Waals surface area (Å²) in [6.45, 7) is 4.14. The maximum atomic E-state index is 12.3. The van der Waals surface area contributed by atoms with Gasteiger partial charge in [0.25, 0.3) is 0 Å². The summed E-state index contributed by atoms with van der Waals surface area (Å²) in [5, 5.41) is 3.33. The van der Waals surface area contributed by atoms with Crippen molar-refractivity contribution in [3.05, 3.63) is 28.7 Å². The molecule has 0 bridgehead atoms. The molecule has 0 radical (unpaired) electrons. The van der Waals surface area contributed by atoms with Crippen molar-refractivity contribution >= 4 is 26.7 Å². The fraction of sp³-hybridized carbons (Fsp3) is 0.500. The summed E-state index contributed by atoms with van der Waals surface area (Å²) in [6.07, 6.45) is 0.986. The van der Waals surface area contributed by atoms with E-state index in [0.29, 0.717) is 6.04 Å². The van der Waals surface area contributed by atoms with Crippen LogP contribution in [0.2, 0.25) is 0 Å². The molecule has 1 rings (SSSR count). The first-order valence-corrected chi connectivity index (χ1v) is 7.44. The van der Waals surface area contributed by atoms with Crippen molar-refractivity contribution in [3.63, 3.8) is 0 Å². The van der Waals surface area contributed by atoms with Crippen molar-refractivity contribution in [1.82, 2.24) is 5.32 Å². The van der Waals surface area contributed by atoms with Crippen molar-refractivity contribution in [2.75, 3.05) is 7.05 Å². The van der Waals surface area contributed by atoms with E-state index in [0.717, 1.165) is 15.8 Å². The number of hydrogen-bond donors (Lipinski definition) is 1. The molecule has 0 aliphatic rings. The van der Waals surface area contributed by atoms with Crippen LogP contribution in [0.4, 0.5) is 0 Å². The molecule has 0 spiro atoms. The first-order valence-electron chi connectivity index (χ1n) is 5.43. The van der Waals surface area contributed by atoms with Crippen molar-refractivity contribution in [1.29, 1.82) is 0 Å². The number of hydrogen-bond acceptors (Lipinski definition) is 2. The van der Waals surface area contributed by atoms with Crippen LogP contribution in [0.15, 0.2) is 33.6 Å². The highest BCUT2D eigenvalue weighted by atomic mass is 79.9. The summed E-state index contributed by atoms with van der Waals surface area (Å²) in [5.41, 5.74) is 0. The van der Waals surface area contributed by atoms with E-state index < -0.39 is 10.8 Å². The predicted molar refractivity (Wildman–Crippen MR) is 73.2 cm³/mol. The topological polar surface area (TPSA) is 29.1 Å². The van der Waals surface area contributed by atoms with Gasteiger partial charge in [-0.15, -0.1) is 0 Å². The lowest BCUT2D eigenvalue weighted by molar-refractivity contribution is 0.529. The van der Waals surface area contributed by atoms with E-state index in [4.69, 9.17) is 0 Å². The molecule has 0 saturated heterocycles. The fourth-order valence-electron chi connectivity index (χ4n) is 1.70. The molecule has 16 heavy (non-hydrogen) atoms. The lowest BCUT2D eigenvalue weighted by atomic mass is 10.2. The maximum absolute atomic E-state index is 12.3. The molecule has 1 N–H and O–H groups in total. The van der Waals surface area contributed by atoms with Crippen LogP contribution in [0.3, 0.4) is 0 Å². The van der Waals surface area contributed by atoms with Gasteiger partial charge in [-0.3, -0.25) is 4.21 Å². The van der Waals surface area contributed by atoms with Crippen LogP contribution in [0.25, 0.3) is 0 Å². The van der Waals surface area contributed by atoms with Gasteiger partial charge in [-0.05, 0) is 44.7 Å². The van der Waals surface area contributed by atoms with Crippen LogP contribution < -0.4 is 5.32 Å². The molecule has 2 nitrogen and oxygen atoms in total. The van der Waals surface area contributed by atoms with E-state index in [1.165, 1.54) is 0 Å². The predicted octanol–water partition coefficient (Wildman–Crippen LogP) is 2.94. The van der Waals surface area contributed by atoms with Crippen LogP contribution in [0.5, 0.6) is 0 Å². The highest BCUT2D eigenvalue weighted by Crippen LogP contribution is 2.18. The van der Waals surface area contributed by atoms with Gasteiger partial charge in [0.15, 0.2) is 0 Å². The Morgan fingerprint density at radius 1 is 1.38 bits per heavy atom. The third-order valence-electron chi connectivity index (χ3n) is 2.76. The first-order chi connectivity index (χ1) is 7.60. The van der Waals surface area contributed by atoms with Crippen molar-refractivity contribution in [3.8, 4) is 0 Å². The minimum Gasteiger partial charge on any atom is -0.316 e. The van der Waals surface area contributed by atoms with E-state index in [1.54, 1.807) is 0 Å². The monoisotopic (exact) mass is 303 g/mol. The van der Waals surface area contributed by atoms with Gasteiger partial charge in [0.05, 0.1) is 16.0 Å². The average molecular weight is 304 g/mol. The van der Waals surface area contributed by atoms with Crippen molar-refractivity contribution in [2.24, 2.45) is 0 Å². The van der Waals surface area contributed by atoms with Gasteiger partial charge < -0.3 is 5.32 Å². The molecule has 1 aromatic rings. The molecule has 0 amide bonds. The quantitative estimate of drug-likeness (QED) is 0.906. The summed E-state index contributed by atoms with van der Waals surface area (Å²) in [5.74, 6) is 0.